The summed E-state index contributed by atoms with van der Waals surface area (Å²) in [6.45, 7) is 3.59. The summed E-state index contributed by atoms with van der Waals surface area (Å²) in [6.07, 6.45) is 0.976. The van der Waals surface area contributed by atoms with E-state index in [0.29, 0.717) is 0 Å². The molecule has 0 atom stereocenters. The molecule has 20 heavy (non-hydrogen) atoms. The van der Waals surface area contributed by atoms with Crippen LogP contribution in [0.5, 0.6) is 0 Å². The van der Waals surface area contributed by atoms with E-state index in [1.165, 1.54) is 6.07 Å². The van der Waals surface area contributed by atoms with Gasteiger partial charge in [-0.25, -0.2) is 8.78 Å². The van der Waals surface area contributed by atoms with Crippen LogP contribution in [-0.4, -0.2) is 43.5 Å². The first-order valence-electron chi connectivity index (χ1n) is 6.44. The molecule has 1 amide bonds. The van der Waals surface area contributed by atoms with Crippen molar-refractivity contribution in [3.05, 3.63) is 28.2 Å². The van der Waals surface area contributed by atoms with Crippen LogP contribution in [-0.2, 0) is 4.79 Å². The van der Waals surface area contributed by atoms with E-state index >= 15 is 0 Å². The number of rotatable bonds is 3. The smallest absolute Gasteiger partial charge is 0.238 e. The quantitative estimate of drug-likeness (QED) is 0.821. The van der Waals surface area contributed by atoms with Gasteiger partial charge in [-0.3, -0.25) is 9.69 Å². The number of hydrogen-bond donors (Lipinski definition) is 2. The van der Waals surface area contributed by atoms with Crippen LogP contribution in [0.15, 0.2) is 16.6 Å². The number of benzene rings is 1. The molecule has 2 rings (SSSR count). The Hall–Kier alpha value is -1.05. The fraction of sp³-hybridized carbons (Fsp3) is 0.462. The third-order valence-corrected chi connectivity index (χ3v) is 3.69. The van der Waals surface area contributed by atoms with Gasteiger partial charge < -0.3 is 10.6 Å². The summed E-state index contributed by atoms with van der Waals surface area (Å²) in [5.41, 5.74) is -0.0174. The fourth-order valence-corrected chi connectivity index (χ4v) is 2.41. The molecule has 1 aromatic carbocycles. The molecule has 0 bridgehead atoms. The van der Waals surface area contributed by atoms with E-state index in [4.69, 9.17) is 0 Å². The first-order valence-corrected chi connectivity index (χ1v) is 7.23. The van der Waals surface area contributed by atoms with Crippen molar-refractivity contribution in [2.75, 3.05) is 38.0 Å². The number of nitrogens with zero attached hydrogens (tertiary/aromatic N) is 1. The fourth-order valence-electron chi connectivity index (χ4n) is 2.07. The summed E-state index contributed by atoms with van der Waals surface area (Å²) >= 11 is 2.97. The van der Waals surface area contributed by atoms with Crippen molar-refractivity contribution in [2.24, 2.45) is 0 Å². The zero-order valence-electron chi connectivity index (χ0n) is 10.9. The summed E-state index contributed by atoms with van der Waals surface area (Å²) < 4.78 is 26.8. The standard InChI is InChI=1S/C13H16BrF2N3O/c14-9-6-12(11(16)7-10(9)15)18-13(20)8-19-4-1-2-17-3-5-19/h6-7,17H,1-5,8H2,(H,18,20). The first-order chi connectivity index (χ1) is 9.56. The highest BCUT2D eigenvalue weighted by molar-refractivity contribution is 9.10. The minimum absolute atomic E-state index is 0.0174. The van der Waals surface area contributed by atoms with Crippen molar-refractivity contribution in [1.29, 1.82) is 0 Å². The maximum Gasteiger partial charge on any atom is 0.238 e. The molecule has 1 heterocycles. The second-order valence-corrected chi connectivity index (χ2v) is 5.53. The molecule has 2 N–H and O–H groups in total. The topological polar surface area (TPSA) is 44.4 Å². The van der Waals surface area contributed by atoms with E-state index < -0.39 is 11.6 Å². The largest absolute Gasteiger partial charge is 0.322 e. The van der Waals surface area contributed by atoms with Gasteiger partial charge in [0.25, 0.3) is 0 Å². The highest BCUT2D eigenvalue weighted by Crippen LogP contribution is 2.23. The lowest BCUT2D eigenvalue weighted by molar-refractivity contribution is -0.117. The third kappa shape index (κ3) is 4.22. The molecule has 1 aromatic rings. The zero-order valence-corrected chi connectivity index (χ0v) is 12.5. The van der Waals surface area contributed by atoms with Crippen LogP contribution in [0.2, 0.25) is 0 Å². The molecule has 0 saturated carbocycles. The number of halogens is 3. The van der Waals surface area contributed by atoms with Gasteiger partial charge in [-0.2, -0.15) is 0 Å². The van der Waals surface area contributed by atoms with Crippen LogP contribution in [0.4, 0.5) is 14.5 Å². The molecule has 1 saturated heterocycles. The Kier molecular flexibility index (Phi) is 5.45. The van der Waals surface area contributed by atoms with Crippen LogP contribution in [0.25, 0.3) is 0 Å². The molecule has 0 aliphatic carbocycles. The Morgan fingerprint density at radius 2 is 2.10 bits per heavy atom. The van der Waals surface area contributed by atoms with Gasteiger partial charge in [0, 0.05) is 19.2 Å². The Morgan fingerprint density at radius 3 is 2.90 bits per heavy atom. The third-order valence-electron chi connectivity index (χ3n) is 3.08. The van der Waals surface area contributed by atoms with Gasteiger partial charge in [0.15, 0.2) is 0 Å². The minimum atomic E-state index is -0.781. The molecule has 1 aliphatic heterocycles. The average molecular weight is 348 g/mol. The second kappa shape index (κ2) is 7.10. The molecule has 1 aliphatic rings. The molecule has 0 unspecified atom stereocenters. The van der Waals surface area contributed by atoms with E-state index in [1.807, 2.05) is 4.90 Å². The summed E-state index contributed by atoms with van der Waals surface area (Å²) in [5, 5.41) is 5.72. The average Bonchev–Trinajstić information content (AvgIpc) is 2.64. The number of carbonyl (C=O) groups excluding carboxylic acids is 1. The van der Waals surface area contributed by atoms with Crippen molar-refractivity contribution in [1.82, 2.24) is 10.2 Å². The Balaban J connectivity index is 1.95. The van der Waals surface area contributed by atoms with E-state index in [-0.39, 0.29) is 22.6 Å². The van der Waals surface area contributed by atoms with E-state index in [9.17, 15) is 13.6 Å². The zero-order chi connectivity index (χ0) is 14.5. The van der Waals surface area contributed by atoms with Crippen molar-refractivity contribution in [2.45, 2.75) is 6.42 Å². The van der Waals surface area contributed by atoms with Crippen molar-refractivity contribution in [3.63, 3.8) is 0 Å². The van der Waals surface area contributed by atoms with Crippen LogP contribution in [0.1, 0.15) is 6.42 Å². The minimum Gasteiger partial charge on any atom is -0.322 e. The van der Waals surface area contributed by atoms with Gasteiger partial charge in [-0.15, -0.1) is 0 Å². The Bertz CT molecular complexity index is 491. The maximum atomic E-state index is 13.5. The van der Waals surface area contributed by atoms with E-state index in [1.54, 1.807) is 0 Å². The number of anilines is 1. The molecule has 4 nitrogen and oxygen atoms in total. The number of amides is 1. The van der Waals surface area contributed by atoms with Crippen LogP contribution < -0.4 is 10.6 Å². The van der Waals surface area contributed by atoms with Gasteiger partial charge in [-0.05, 0) is 41.5 Å². The van der Waals surface area contributed by atoms with Crippen LogP contribution in [0.3, 0.4) is 0 Å². The second-order valence-electron chi connectivity index (χ2n) is 4.67. The Morgan fingerprint density at radius 1 is 1.30 bits per heavy atom. The number of hydrogen-bond acceptors (Lipinski definition) is 3. The van der Waals surface area contributed by atoms with Crippen molar-refractivity contribution in [3.8, 4) is 0 Å². The van der Waals surface area contributed by atoms with Crippen molar-refractivity contribution < 1.29 is 13.6 Å². The lowest BCUT2D eigenvalue weighted by Crippen LogP contribution is -2.35. The highest BCUT2D eigenvalue weighted by atomic mass is 79.9. The van der Waals surface area contributed by atoms with Gasteiger partial charge in [0.05, 0.1) is 16.7 Å². The molecular weight excluding hydrogens is 332 g/mol. The summed E-state index contributed by atoms with van der Waals surface area (Å²) in [6, 6.07) is 1.97. The van der Waals surface area contributed by atoms with Crippen LogP contribution >= 0.6 is 15.9 Å². The van der Waals surface area contributed by atoms with Crippen LogP contribution in [0, 0.1) is 11.6 Å². The predicted molar refractivity (Wildman–Crippen MR) is 76.6 cm³/mol. The van der Waals surface area contributed by atoms with Gasteiger partial charge in [0.1, 0.15) is 11.6 Å². The molecule has 0 spiro atoms. The molecule has 0 aromatic heterocycles. The number of carbonyl (C=O) groups is 1. The summed E-state index contributed by atoms with van der Waals surface area (Å²) in [4.78, 5) is 13.9. The normalized spacial score (nSPS) is 16.8. The molecule has 7 heteroatoms. The summed E-state index contributed by atoms with van der Waals surface area (Å²) in [5.74, 6) is -1.78. The Labute approximate surface area is 124 Å². The molecule has 110 valence electrons. The van der Waals surface area contributed by atoms with Gasteiger partial charge >= 0.3 is 0 Å². The van der Waals surface area contributed by atoms with Gasteiger partial charge in [-0.1, -0.05) is 0 Å². The monoisotopic (exact) mass is 347 g/mol. The van der Waals surface area contributed by atoms with Gasteiger partial charge in [0.2, 0.25) is 5.91 Å². The van der Waals surface area contributed by atoms with Crippen molar-refractivity contribution >= 4 is 27.5 Å². The number of nitrogens with one attached hydrogen (secondary N) is 2. The predicted octanol–water partition coefficient (Wildman–Crippen LogP) is 1.96. The highest BCUT2D eigenvalue weighted by Gasteiger charge is 2.15. The molecular formula is C13H16BrF2N3O. The molecule has 0 radical (unpaired) electrons. The maximum absolute atomic E-state index is 13.5. The SMILES string of the molecule is O=C(CN1CCCNCC1)Nc1cc(Br)c(F)cc1F. The van der Waals surface area contributed by atoms with E-state index in [2.05, 4.69) is 26.6 Å². The lowest BCUT2D eigenvalue weighted by Gasteiger charge is -2.18. The van der Waals surface area contributed by atoms with E-state index in [0.717, 1.165) is 38.7 Å². The summed E-state index contributed by atoms with van der Waals surface area (Å²) in [7, 11) is 0. The molecule has 1 fully saturated rings. The lowest BCUT2D eigenvalue weighted by atomic mass is 10.3. The first kappa shape index (κ1) is 15.3.